The molecular formula is C18H22ClN3O3S3. The van der Waals surface area contributed by atoms with Gasteiger partial charge < -0.3 is 10.2 Å². The molecule has 1 aromatic heterocycles. The van der Waals surface area contributed by atoms with Crippen LogP contribution in [0, 0.1) is 0 Å². The average molecular weight is 460 g/mol. The number of amides is 1. The van der Waals surface area contributed by atoms with Crippen LogP contribution in [-0.2, 0) is 14.8 Å². The number of nitrogens with zero attached hydrogens (tertiary/aromatic N) is 2. The zero-order chi connectivity index (χ0) is 20.1. The first-order chi connectivity index (χ1) is 13.4. The monoisotopic (exact) mass is 459 g/mol. The van der Waals surface area contributed by atoms with Crippen molar-refractivity contribution in [2.45, 2.75) is 15.5 Å². The summed E-state index contributed by atoms with van der Waals surface area (Å²) in [6.45, 7) is 2.63. The Bertz CT molecular complexity index is 925. The van der Waals surface area contributed by atoms with Gasteiger partial charge in [0.05, 0.1) is 10.0 Å². The molecule has 1 fully saturated rings. The Hall–Kier alpha value is -1.10. The summed E-state index contributed by atoms with van der Waals surface area (Å²) in [6.07, 6.45) is 2.35. The minimum atomic E-state index is -3.49. The molecule has 1 aliphatic rings. The summed E-state index contributed by atoms with van der Waals surface area (Å²) in [5, 5.41) is 2.95. The van der Waals surface area contributed by atoms with E-state index >= 15 is 0 Å². The maximum atomic E-state index is 12.6. The molecule has 152 valence electrons. The number of anilines is 1. The van der Waals surface area contributed by atoms with Crippen molar-refractivity contribution in [2.24, 2.45) is 0 Å². The second-order valence-electron chi connectivity index (χ2n) is 6.30. The first-order valence-electron chi connectivity index (χ1n) is 8.81. The molecule has 28 heavy (non-hydrogen) atoms. The number of thioether (sulfide) groups is 1. The SMILES string of the molecule is CSc1ccccc1NC(=O)CCN1CCN(S(=O)(=O)c2ccc(Cl)s2)CC1. The predicted molar refractivity (Wildman–Crippen MR) is 116 cm³/mol. The molecule has 1 aromatic carbocycles. The van der Waals surface area contributed by atoms with Gasteiger partial charge in [-0.1, -0.05) is 23.7 Å². The molecule has 1 amide bonds. The lowest BCUT2D eigenvalue weighted by Crippen LogP contribution is -2.48. The Kier molecular flexibility index (Phi) is 7.41. The van der Waals surface area contributed by atoms with Crippen molar-refractivity contribution in [1.29, 1.82) is 0 Å². The van der Waals surface area contributed by atoms with Crippen LogP contribution in [0.2, 0.25) is 4.34 Å². The maximum absolute atomic E-state index is 12.6. The topological polar surface area (TPSA) is 69.7 Å². The molecule has 0 spiro atoms. The first kappa shape index (κ1) is 21.6. The number of hydrogen-bond acceptors (Lipinski definition) is 6. The number of benzene rings is 1. The fourth-order valence-corrected chi connectivity index (χ4v) is 6.59. The van der Waals surface area contributed by atoms with Crippen LogP contribution in [0.4, 0.5) is 5.69 Å². The van der Waals surface area contributed by atoms with Crippen molar-refractivity contribution in [2.75, 3.05) is 44.3 Å². The molecule has 1 saturated heterocycles. The normalized spacial score (nSPS) is 16.2. The van der Waals surface area contributed by atoms with Gasteiger partial charge >= 0.3 is 0 Å². The zero-order valence-corrected chi connectivity index (χ0v) is 18.6. The number of nitrogens with one attached hydrogen (secondary N) is 1. The molecule has 2 heterocycles. The molecule has 0 unspecified atom stereocenters. The van der Waals surface area contributed by atoms with Gasteiger partial charge in [0.1, 0.15) is 4.21 Å². The average Bonchev–Trinajstić information content (AvgIpc) is 3.14. The highest BCUT2D eigenvalue weighted by Gasteiger charge is 2.29. The molecule has 1 aliphatic heterocycles. The van der Waals surface area contributed by atoms with E-state index in [0.29, 0.717) is 43.5 Å². The van der Waals surface area contributed by atoms with E-state index in [2.05, 4.69) is 10.2 Å². The van der Waals surface area contributed by atoms with Crippen LogP contribution in [-0.4, -0.2) is 62.5 Å². The maximum Gasteiger partial charge on any atom is 0.252 e. The zero-order valence-electron chi connectivity index (χ0n) is 15.4. The Labute approximate surface area is 178 Å². The van der Waals surface area contributed by atoms with Crippen LogP contribution in [0.1, 0.15) is 6.42 Å². The predicted octanol–water partition coefficient (Wildman–Crippen LogP) is 3.46. The fraction of sp³-hybridized carbons (Fsp3) is 0.389. The highest BCUT2D eigenvalue weighted by atomic mass is 35.5. The second-order valence-corrected chi connectivity index (χ2v) is 11.0. The van der Waals surface area contributed by atoms with Gasteiger partial charge in [0.15, 0.2) is 0 Å². The summed E-state index contributed by atoms with van der Waals surface area (Å²) in [5.41, 5.74) is 0.825. The minimum absolute atomic E-state index is 0.0372. The van der Waals surface area contributed by atoms with Crippen LogP contribution in [0.25, 0.3) is 0 Å². The van der Waals surface area contributed by atoms with E-state index in [9.17, 15) is 13.2 Å². The Morgan fingerprint density at radius 1 is 1.18 bits per heavy atom. The van der Waals surface area contributed by atoms with Gasteiger partial charge in [0.25, 0.3) is 10.0 Å². The molecule has 10 heteroatoms. The number of carbonyl (C=O) groups excluding carboxylic acids is 1. The highest BCUT2D eigenvalue weighted by molar-refractivity contribution is 7.98. The van der Waals surface area contributed by atoms with Crippen molar-refractivity contribution < 1.29 is 13.2 Å². The molecule has 0 bridgehead atoms. The largest absolute Gasteiger partial charge is 0.325 e. The lowest BCUT2D eigenvalue weighted by molar-refractivity contribution is -0.116. The Morgan fingerprint density at radius 2 is 1.89 bits per heavy atom. The van der Waals surface area contributed by atoms with E-state index in [-0.39, 0.29) is 10.1 Å². The smallest absolute Gasteiger partial charge is 0.252 e. The van der Waals surface area contributed by atoms with Gasteiger partial charge in [-0.3, -0.25) is 4.79 Å². The van der Waals surface area contributed by atoms with E-state index in [1.807, 2.05) is 30.5 Å². The van der Waals surface area contributed by atoms with Gasteiger partial charge in [-0.25, -0.2) is 8.42 Å². The lowest BCUT2D eigenvalue weighted by atomic mass is 10.3. The molecular weight excluding hydrogens is 438 g/mol. The Balaban J connectivity index is 1.47. The summed E-state index contributed by atoms with van der Waals surface area (Å²) >= 11 is 8.53. The van der Waals surface area contributed by atoms with E-state index < -0.39 is 10.0 Å². The van der Waals surface area contributed by atoms with E-state index in [4.69, 9.17) is 11.6 Å². The number of thiophene rings is 1. The number of hydrogen-bond donors (Lipinski definition) is 1. The number of piperazine rings is 1. The Morgan fingerprint density at radius 3 is 2.54 bits per heavy atom. The van der Waals surface area contributed by atoms with E-state index in [0.717, 1.165) is 21.9 Å². The molecule has 0 radical (unpaired) electrons. The van der Waals surface area contributed by atoms with E-state index in [1.165, 1.54) is 4.31 Å². The minimum Gasteiger partial charge on any atom is -0.325 e. The van der Waals surface area contributed by atoms with Gasteiger partial charge in [-0.2, -0.15) is 4.31 Å². The summed E-state index contributed by atoms with van der Waals surface area (Å²) in [5.74, 6) is -0.0372. The molecule has 0 atom stereocenters. The molecule has 0 aliphatic carbocycles. The summed E-state index contributed by atoms with van der Waals surface area (Å²) in [4.78, 5) is 15.4. The molecule has 0 saturated carbocycles. The van der Waals surface area contributed by atoms with Gasteiger partial charge in [-0.05, 0) is 30.5 Å². The third kappa shape index (κ3) is 5.28. The number of para-hydroxylation sites is 1. The first-order valence-corrected chi connectivity index (χ1v) is 12.7. The van der Waals surface area contributed by atoms with Crippen molar-refractivity contribution in [3.8, 4) is 0 Å². The summed E-state index contributed by atoms with van der Waals surface area (Å²) in [7, 11) is -3.49. The molecule has 1 N–H and O–H groups in total. The van der Waals surface area contributed by atoms with Crippen LogP contribution in [0.15, 0.2) is 45.5 Å². The van der Waals surface area contributed by atoms with Crippen LogP contribution in [0.5, 0.6) is 0 Å². The third-order valence-corrected chi connectivity index (χ3v) is 8.90. The van der Waals surface area contributed by atoms with Gasteiger partial charge in [-0.15, -0.1) is 23.1 Å². The number of carbonyl (C=O) groups is 1. The van der Waals surface area contributed by atoms with Crippen molar-refractivity contribution >= 4 is 56.3 Å². The number of halogens is 1. The standard InChI is InChI=1S/C18H22ClN3O3S3/c1-26-15-5-3-2-4-14(15)20-17(23)8-9-21-10-12-22(13-11-21)28(24,25)18-7-6-16(19)27-18/h2-7H,8-13H2,1H3,(H,20,23). The summed E-state index contributed by atoms with van der Waals surface area (Å²) < 4.78 is 27.5. The van der Waals surface area contributed by atoms with Gasteiger partial charge in [0, 0.05) is 44.0 Å². The number of sulfonamides is 1. The highest BCUT2D eigenvalue weighted by Crippen LogP contribution is 2.28. The van der Waals surface area contributed by atoms with Crippen molar-refractivity contribution in [1.82, 2.24) is 9.21 Å². The molecule has 6 nitrogen and oxygen atoms in total. The number of rotatable bonds is 7. The van der Waals surface area contributed by atoms with Crippen LogP contribution in [0.3, 0.4) is 0 Å². The third-order valence-electron chi connectivity index (χ3n) is 4.51. The van der Waals surface area contributed by atoms with Crippen molar-refractivity contribution in [3.63, 3.8) is 0 Å². The molecule has 3 rings (SSSR count). The van der Waals surface area contributed by atoms with Crippen LogP contribution < -0.4 is 5.32 Å². The second kappa shape index (κ2) is 9.60. The van der Waals surface area contributed by atoms with Crippen molar-refractivity contribution in [3.05, 3.63) is 40.7 Å². The van der Waals surface area contributed by atoms with E-state index in [1.54, 1.807) is 23.9 Å². The van der Waals surface area contributed by atoms with Crippen LogP contribution >= 0.6 is 34.7 Å². The van der Waals surface area contributed by atoms with Gasteiger partial charge in [0.2, 0.25) is 5.91 Å². The quantitative estimate of drug-likeness (QED) is 0.642. The lowest BCUT2D eigenvalue weighted by Gasteiger charge is -2.33. The fourth-order valence-electron chi connectivity index (χ4n) is 2.98. The molecule has 2 aromatic rings. The summed E-state index contributed by atoms with van der Waals surface area (Å²) in [6, 6.07) is 10.9.